The average Bonchev–Trinajstić information content (AvgIpc) is 3.12. The van der Waals surface area contributed by atoms with Crippen molar-refractivity contribution in [2.45, 2.75) is 26.8 Å². The van der Waals surface area contributed by atoms with E-state index in [4.69, 9.17) is 9.47 Å². The Morgan fingerprint density at radius 3 is 2.69 bits per heavy atom. The maximum Gasteiger partial charge on any atom is 0.295 e. The molecule has 3 heterocycles. The maximum absolute atomic E-state index is 13.6. The SMILES string of the molecule is Cc1cc(C([O-])=C2C(=O)C(=O)N(CC[NH+]3CCOCC3)C2c2cccnc2)ccc1OCC(C)C. The van der Waals surface area contributed by atoms with E-state index in [2.05, 4.69) is 18.8 Å². The number of ketones is 1. The molecule has 186 valence electrons. The van der Waals surface area contributed by atoms with Crippen LogP contribution < -0.4 is 14.7 Å². The lowest BCUT2D eigenvalue weighted by atomic mass is 9.95. The maximum atomic E-state index is 13.6. The van der Waals surface area contributed by atoms with E-state index >= 15 is 0 Å². The molecule has 4 rings (SSSR count). The predicted octanol–water partition coefficient (Wildman–Crippen LogP) is 0.564. The number of aryl methyl sites for hydroxylation is 1. The Balaban J connectivity index is 1.67. The molecular weight excluding hydrogens is 446 g/mol. The quantitative estimate of drug-likeness (QED) is 0.338. The van der Waals surface area contributed by atoms with Gasteiger partial charge in [-0.25, -0.2) is 0 Å². The Bertz CT molecular complexity index is 1090. The van der Waals surface area contributed by atoms with Gasteiger partial charge < -0.3 is 24.4 Å². The third kappa shape index (κ3) is 5.55. The van der Waals surface area contributed by atoms with Crippen LogP contribution in [0.3, 0.4) is 0 Å². The predicted molar refractivity (Wildman–Crippen MR) is 129 cm³/mol. The zero-order chi connectivity index (χ0) is 24.9. The Kier molecular flexibility index (Phi) is 7.83. The number of likely N-dealkylation sites (tertiary alicyclic amines) is 1. The van der Waals surface area contributed by atoms with Gasteiger partial charge in [-0.2, -0.15) is 0 Å². The fourth-order valence-electron chi connectivity index (χ4n) is 4.54. The molecule has 0 aliphatic carbocycles. The van der Waals surface area contributed by atoms with E-state index in [1.807, 2.05) is 6.92 Å². The smallest absolute Gasteiger partial charge is 0.295 e. The number of amides is 1. The Hall–Kier alpha value is -3.23. The van der Waals surface area contributed by atoms with Crippen LogP contribution in [0.25, 0.3) is 5.76 Å². The summed E-state index contributed by atoms with van der Waals surface area (Å²) in [5.41, 5.74) is 1.81. The second-order valence-corrected chi connectivity index (χ2v) is 9.56. The molecule has 2 saturated heterocycles. The topological polar surface area (TPSA) is 96.2 Å². The molecule has 0 spiro atoms. The van der Waals surface area contributed by atoms with Crippen molar-refractivity contribution < 1.29 is 29.1 Å². The van der Waals surface area contributed by atoms with Crippen LogP contribution in [-0.2, 0) is 14.3 Å². The summed E-state index contributed by atoms with van der Waals surface area (Å²) in [7, 11) is 0. The van der Waals surface area contributed by atoms with Crippen molar-refractivity contribution in [1.82, 2.24) is 9.88 Å². The van der Waals surface area contributed by atoms with Crippen molar-refractivity contribution in [2.24, 2.45) is 5.92 Å². The standard InChI is InChI=1S/C27H33N3O5/c1-18(2)17-35-22-7-6-20(15-19(22)3)25(31)23-24(21-5-4-8-28-16-21)30(27(33)26(23)32)10-9-29-11-13-34-14-12-29/h4-8,15-16,18,24,31H,9-14,17H2,1-3H3. The first-order valence-corrected chi connectivity index (χ1v) is 12.2. The molecule has 8 nitrogen and oxygen atoms in total. The van der Waals surface area contributed by atoms with Crippen LogP contribution >= 0.6 is 0 Å². The molecule has 0 bridgehead atoms. The van der Waals surface area contributed by atoms with Crippen LogP contribution in [0.5, 0.6) is 5.75 Å². The molecule has 0 radical (unpaired) electrons. The molecule has 1 N–H and O–H groups in total. The number of pyridine rings is 1. The molecule has 2 aliphatic rings. The number of ether oxygens (including phenoxy) is 2. The monoisotopic (exact) mass is 479 g/mol. The van der Waals surface area contributed by atoms with Crippen LogP contribution in [0.1, 0.15) is 36.6 Å². The van der Waals surface area contributed by atoms with Gasteiger partial charge in [0, 0.05) is 18.0 Å². The number of aromatic nitrogens is 1. The summed E-state index contributed by atoms with van der Waals surface area (Å²) >= 11 is 0. The Morgan fingerprint density at radius 2 is 2.03 bits per heavy atom. The number of carbonyl (C=O) groups is 2. The van der Waals surface area contributed by atoms with Crippen molar-refractivity contribution in [1.29, 1.82) is 0 Å². The second-order valence-electron chi connectivity index (χ2n) is 9.56. The third-order valence-corrected chi connectivity index (χ3v) is 6.45. The number of benzene rings is 1. The zero-order valence-corrected chi connectivity index (χ0v) is 20.6. The van der Waals surface area contributed by atoms with Crippen molar-refractivity contribution in [3.05, 3.63) is 65.0 Å². The minimum absolute atomic E-state index is 0.0183. The van der Waals surface area contributed by atoms with Gasteiger partial charge in [0.15, 0.2) is 0 Å². The molecule has 1 amide bonds. The van der Waals surface area contributed by atoms with Crippen molar-refractivity contribution in [3.8, 4) is 5.75 Å². The first-order valence-electron chi connectivity index (χ1n) is 12.2. The first kappa shape index (κ1) is 24.9. The normalized spacial score (nSPS) is 20.6. The van der Waals surface area contributed by atoms with Gasteiger partial charge in [0.05, 0.1) is 39.0 Å². The van der Waals surface area contributed by atoms with Crippen molar-refractivity contribution in [3.63, 3.8) is 0 Å². The molecule has 2 aliphatic heterocycles. The molecule has 2 fully saturated rings. The minimum Gasteiger partial charge on any atom is -0.872 e. The first-order chi connectivity index (χ1) is 16.9. The highest BCUT2D eigenvalue weighted by atomic mass is 16.5. The van der Waals surface area contributed by atoms with Gasteiger partial charge in [-0.3, -0.25) is 14.6 Å². The lowest BCUT2D eigenvalue weighted by Gasteiger charge is -2.30. The Morgan fingerprint density at radius 1 is 1.26 bits per heavy atom. The van der Waals surface area contributed by atoms with Crippen LogP contribution in [0.15, 0.2) is 48.3 Å². The van der Waals surface area contributed by atoms with Gasteiger partial charge in [0.1, 0.15) is 18.8 Å². The molecule has 0 saturated carbocycles. The summed E-state index contributed by atoms with van der Waals surface area (Å²) in [5, 5.41) is 13.6. The molecule has 35 heavy (non-hydrogen) atoms. The van der Waals surface area contributed by atoms with E-state index in [1.165, 1.54) is 9.80 Å². The number of hydrogen-bond acceptors (Lipinski definition) is 6. The van der Waals surface area contributed by atoms with Gasteiger partial charge in [-0.15, -0.1) is 0 Å². The summed E-state index contributed by atoms with van der Waals surface area (Å²) in [6, 6.07) is 7.94. The molecular formula is C27H33N3O5. The summed E-state index contributed by atoms with van der Waals surface area (Å²) in [6.07, 6.45) is 3.25. The van der Waals surface area contributed by atoms with Gasteiger partial charge in [-0.1, -0.05) is 31.7 Å². The molecule has 1 atom stereocenters. The number of nitrogens with one attached hydrogen (secondary N) is 1. The van der Waals surface area contributed by atoms with Gasteiger partial charge >= 0.3 is 0 Å². The van der Waals surface area contributed by atoms with Crippen LogP contribution in [0.4, 0.5) is 0 Å². The number of Topliss-reactive ketones (excluding diaryl/α,β-unsaturated/α-hetero) is 1. The summed E-state index contributed by atoms with van der Waals surface area (Å²) in [4.78, 5) is 33.3. The highest BCUT2D eigenvalue weighted by Crippen LogP contribution is 2.38. The van der Waals surface area contributed by atoms with E-state index in [-0.39, 0.29) is 5.57 Å². The highest BCUT2D eigenvalue weighted by Gasteiger charge is 2.44. The van der Waals surface area contributed by atoms with E-state index in [1.54, 1.807) is 42.7 Å². The molecule has 1 unspecified atom stereocenters. The minimum atomic E-state index is -0.756. The van der Waals surface area contributed by atoms with Gasteiger partial charge in [0.25, 0.3) is 5.91 Å². The molecule has 1 aromatic heterocycles. The lowest BCUT2D eigenvalue weighted by molar-refractivity contribution is -0.907. The number of rotatable bonds is 8. The van der Waals surface area contributed by atoms with Crippen LogP contribution in [0.2, 0.25) is 0 Å². The van der Waals surface area contributed by atoms with Crippen molar-refractivity contribution >= 4 is 17.4 Å². The molecule has 8 heteroatoms. The van der Waals surface area contributed by atoms with Gasteiger partial charge in [0.2, 0.25) is 5.78 Å². The summed E-state index contributed by atoms with van der Waals surface area (Å²) in [5.74, 6) is -0.731. The largest absolute Gasteiger partial charge is 0.872 e. The Labute approximate surface area is 206 Å². The third-order valence-electron chi connectivity index (χ3n) is 6.45. The van der Waals surface area contributed by atoms with E-state index in [9.17, 15) is 14.7 Å². The molecule has 2 aromatic rings. The highest BCUT2D eigenvalue weighted by molar-refractivity contribution is 6.46. The fraction of sp³-hybridized carbons (Fsp3) is 0.444. The van der Waals surface area contributed by atoms with Gasteiger partial charge in [-0.05, 0) is 47.7 Å². The van der Waals surface area contributed by atoms with Crippen molar-refractivity contribution in [2.75, 3.05) is 46.0 Å². The summed E-state index contributed by atoms with van der Waals surface area (Å²) in [6.45, 7) is 10.7. The molecule has 1 aromatic carbocycles. The van der Waals surface area contributed by atoms with E-state index in [0.29, 0.717) is 55.7 Å². The number of hydrogen-bond donors (Lipinski definition) is 1. The lowest BCUT2D eigenvalue weighted by Crippen LogP contribution is -3.14. The van der Waals surface area contributed by atoms with Crippen LogP contribution in [0, 0.1) is 12.8 Å². The zero-order valence-electron chi connectivity index (χ0n) is 20.6. The fourth-order valence-corrected chi connectivity index (χ4v) is 4.54. The summed E-state index contributed by atoms with van der Waals surface area (Å²) < 4.78 is 11.2. The number of morpholine rings is 1. The average molecular weight is 480 g/mol. The number of carbonyl (C=O) groups excluding carboxylic acids is 2. The second kappa shape index (κ2) is 11.0. The van der Waals surface area contributed by atoms with Crippen LogP contribution in [-0.4, -0.2) is 67.6 Å². The van der Waals surface area contributed by atoms with E-state index < -0.39 is 23.5 Å². The van der Waals surface area contributed by atoms with E-state index in [0.717, 1.165) is 18.7 Å². The number of nitrogens with zero attached hydrogens (tertiary/aromatic N) is 2. The number of quaternary nitrogens is 1.